The first-order valence-electron chi connectivity index (χ1n) is 8.16. The molecule has 0 amide bonds. The van der Waals surface area contributed by atoms with Crippen molar-refractivity contribution in [2.75, 3.05) is 0 Å². The number of allylic oxidation sites excluding steroid dienone is 4. The highest BCUT2D eigenvalue weighted by Crippen LogP contribution is 2.16. The zero-order chi connectivity index (χ0) is 15.4. The molecule has 2 atom stereocenters. The zero-order valence-corrected chi connectivity index (χ0v) is 14.3. The molecule has 0 spiro atoms. The monoisotopic (exact) mass is 275 g/mol. The van der Waals surface area contributed by atoms with E-state index in [0.29, 0.717) is 5.92 Å². The van der Waals surface area contributed by atoms with Gasteiger partial charge in [0.05, 0.1) is 6.04 Å². The third-order valence-corrected chi connectivity index (χ3v) is 3.52. The minimum Gasteiger partial charge on any atom is -0.286 e. The molecule has 2 unspecified atom stereocenters. The molecule has 0 fully saturated rings. The largest absolute Gasteiger partial charge is 0.286 e. The molecular formula is C19H33N. The van der Waals surface area contributed by atoms with Crippen molar-refractivity contribution in [2.45, 2.75) is 73.3 Å². The van der Waals surface area contributed by atoms with Crippen LogP contribution in [0.15, 0.2) is 40.9 Å². The van der Waals surface area contributed by atoms with Gasteiger partial charge in [0.25, 0.3) is 0 Å². The van der Waals surface area contributed by atoms with Crippen molar-refractivity contribution in [3.05, 3.63) is 36.0 Å². The summed E-state index contributed by atoms with van der Waals surface area (Å²) in [5.74, 6) is 0.602. The van der Waals surface area contributed by atoms with Crippen LogP contribution in [0.3, 0.4) is 0 Å². The first-order chi connectivity index (χ1) is 9.60. The van der Waals surface area contributed by atoms with Gasteiger partial charge in [-0.05, 0) is 44.6 Å². The van der Waals surface area contributed by atoms with E-state index in [4.69, 9.17) is 4.99 Å². The van der Waals surface area contributed by atoms with E-state index in [1.165, 1.54) is 24.1 Å². The number of hydrogen-bond acceptors (Lipinski definition) is 1. The normalized spacial score (nSPS) is 17.1. The van der Waals surface area contributed by atoms with Gasteiger partial charge in [-0.25, -0.2) is 0 Å². The molecule has 0 aliphatic carbocycles. The van der Waals surface area contributed by atoms with Crippen LogP contribution >= 0.6 is 0 Å². The maximum atomic E-state index is 4.98. The second-order valence-corrected chi connectivity index (χ2v) is 5.34. The molecular weight excluding hydrogens is 242 g/mol. The molecule has 0 aliphatic heterocycles. The Balaban J connectivity index is 5.12. The van der Waals surface area contributed by atoms with Crippen LogP contribution in [-0.2, 0) is 0 Å². The molecule has 114 valence electrons. The predicted octanol–water partition coefficient (Wildman–Crippen LogP) is 6.13. The molecule has 1 nitrogen and oxygen atoms in total. The van der Waals surface area contributed by atoms with E-state index in [1.54, 1.807) is 0 Å². The molecule has 20 heavy (non-hydrogen) atoms. The minimum absolute atomic E-state index is 0.239. The molecule has 1 heteroatoms. The lowest BCUT2D eigenvalue weighted by molar-refractivity contribution is 0.650. The molecule has 0 N–H and O–H groups in total. The Morgan fingerprint density at radius 3 is 2.35 bits per heavy atom. The van der Waals surface area contributed by atoms with Crippen molar-refractivity contribution in [1.29, 1.82) is 0 Å². The van der Waals surface area contributed by atoms with Crippen LogP contribution in [0.25, 0.3) is 0 Å². The Bertz CT molecular complexity index is 358. The van der Waals surface area contributed by atoms with Crippen LogP contribution in [0.2, 0.25) is 0 Å². The first kappa shape index (κ1) is 18.9. The summed E-state index contributed by atoms with van der Waals surface area (Å²) in [5.41, 5.74) is 2.65. The average molecular weight is 275 g/mol. The predicted molar refractivity (Wildman–Crippen MR) is 93.6 cm³/mol. The Labute approximate surface area is 126 Å². The fraction of sp³-hybridized carbons (Fsp3) is 0.632. The zero-order valence-electron chi connectivity index (χ0n) is 14.3. The molecule has 0 saturated heterocycles. The lowest BCUT2D eigenvalue weighted by atomic mass is 9.97. The number of rotatable bonds is 9. The average Bonchev–Trinajstić information content (AvgIpc) is 2.44. The second-order valence-electron chi connectivity index (χ2n) is 5.34. The van der Waals surface area contributed by atoms with Crippen molar-refractivity contribution < 1.29 is 0 Å². The Morgan fingerprint density at radius 1 is 1.15 bits per heavy atom. The first-order valence-corrected chi connectivity index (χ1v) is 8.16. The summed E-state index contributed by atoms with van der Waals surface area (Å²) in [5, 5.41) is 0. The van der Waals surface area contributed by atoms with Crippen molar-refractivity contribution in [1.82, 2.24) is 0 Å². The van der Waals surface area contributed by atoms with Gasteiger partial charge < -0.3 is 0 Å². The van der Waals surface area contributed by atoms with Gasteiger partial charge in [-0.2, -0.15) is 0 Å². The van der Waals surface area contributed by atoms with Crippen molar-refractivity contribution in [2.24, 2.45) is 10.9 Å². The van der Waals surface area contributed by atoms with Gasteiger partial charge >= 0.3 is 0 Å². The molecule has 0 aromatic heterocycles. The third kappa shape index (κ3) is 7.47. The number of aliphatic imine (C=N–C) groups is 1. The fourth-order valence-corrected chi connectivity index (χ4v) is 2.29. The van der Waals surface area contributed by atoms with E-state index in [9.17, 15) is 0 Å². The standard InChI is InChI=1S/C19H33N/c1-7-11-14-18(15-12-8-2)17(6)20-19(10-4)16(5)13-9-3/h7,11-12,14-17H,8-10,13H2,1-6H3/b11-7+,15-12-,18-14+,20-19+. The topological polar surface area (TPSA) is 12.4 Å². The van der Waals surface area contributed by atoms with Gasteiger partial charge in [0.1, 0.15) is 0 Å². The highest BCUT2D eigenvalue weighted by Gasteiger charge is 2.11. The Kier molecular flexibility index (Phi) is 11.0. The molecule has 0 aliphatic rings. The lowest BCUT2D eigenvalue weighted by Gasteiger charge is -2.16. The van der Waals surface area contributed by atoms with Crippen LogP contribution in [-0.4, -0.2) is 11.8 Å². The second kappa shape index (κ2) is 11.7. The number of hydrogen-bond donors (Lipinski definition) is 0. The summed E-state index contributed by atoms with van der Waals surface area (Å²) in [6.45, 7) is 13.2. The molecule has 0 aromatic carbocycles. The summed E-state index contributed by atoms with van der Waals surface area (Å²) < 4.78 is 0. The van der Waals surface area contributed by atoms with Crippen LogP contribution in [0.4, 0.5) is 0 Å². The molecule has 0 aromatic rings. The molecule has 0 radical (unpaired) electrons. The summed E-state index contributed by atoms with van der Waals surface area (Å²) in [6.07, 6.45) is 15.4. The molecule has 0 saturated carbocycles. The van der Waals surface area contributed by atoms with Crippen LogP contribution in [0, 0.1) is 5.92 Å². The summed E-state index contributed by atoms with van der Waals surface area (Å²) >= 11 is 0. The highest BCUT2D eigenvalue weighted by molar-refractivity contribution is 5.86. The lowest BCUT2D eigenvalue weighted by Crippen LogP contribution is -2.14. The van der Waals surface area contributed by atoms with E-state index >= 15 is 0 Å². The SMILES string of the molecule is C/C=C/C=C(\C=C/CC)C(C)/N=C(\CC)C(C)CCC. The van der Waals surface area contributed by atoms with Crippen molar-refractivity contribution >= 4 is 5.71 Å². The smallest absolute Gasteiger partial charge is 0.0720 e. The van der Waals surface area contributed by atoms with E-state index in [1.807, 2.05) is 6.92 Å². The number of nitrogens with zero attached hydrogens (tertiary/aromatic N) is 1. The maximum Gasteiger partial charge on any atom is 0.0720 e. The summed E-state index contributed by atoms with van der Waals surface area (Å²) in [7, 11) is 0. The van der Waals surface area contributed by atoms with Gasteiger partial charge in [0.2, 0.25) is 0 Å². The summed E-state index contributed by atoms with van der Waals surface area (Å²) in [4.78, 5) is 4.98. The van der Waals surface area contributed by atoms with Crippen molar-refractivity contribution in [3.8, 4) is 0 Å². The Morgan fingerprint density at radius 2 is 1.85 bits per heavy atom. The summed E-state index contributed by atoms with van der Waals surface area (Å²) in [6, 6.07) is 0.239. The van der Waals surface area contributed by atoms with E-state index in [-0.39, 0.29) is 6.04 Å². The molecule has 0 bridgehead atoms. The van der Waals surface area contributed by atoms with Crippen LogP contribution in [0.1, 0.15) is 67.2 Å². The van der Waals surface area contributed by atoms with E-state index < -0.39 is 0 Å². The van der Waals surface area contributed by atoms with Crippen molar-refractivity contribution in [3.63, 3.8) is 0 Å². The van der Waals surface area contributed by atoms with Gasteiger partial charge in [-0.15, -0.1) is 0 Å². The van der Waals surface area contributed by atoms with E-state index in [2.05, 4.69) is 65.0 Å². The minimum atomic E-state index is 0.239. The van der Waals surface area contributed by atoms with Crippen LogP contribution < -0.4 is 0 Å². The van der Waals surface area contributed by atoms with Gasteiger partial charge in [-0.3, -0.25) is 4.99 Å². The van der Waals surface area contributed by atoms with Gasteiger partial charge in [-0.1, -0.05) is 64.5 Å². The van der Waals surface area contributed by atoms with Gasteiger partial charge in [0, 0.05) is 5.71 Å². The van der Waals surface area contributed by atoms with E-state index in [0.717, 1.165) is 12.8 Å². The quantitative estimate of drug-likeness (QED) is 0.354. The third-order valence-electron chi connectivity index (χ3n) is 3.52. The molecule has 0 rings (SSSR count). The highest BCUT2D eigenvalue weighted by atomic mass is 14.8. The fourth-order valence-electron chi connectivity index (χ4n) is 2.29. The van der Waals surface area contributed by atoms with Gasteiger partial charge in [0.15, 0.2) is 0 Å². The Hall–Kier alpha value is -1.11. The maximum absolute atomic E-state index is 4.98. The molecule has 0 heterocycles. The van der Waals surface area contributed by atoms with Crippen LogP contribution in [0.5, 0.6) is 0 Å².